The Bertz CT molecular complexity index is 915. The predicted octanol–water partition coefficient (Wildman–Crippen LogP) is 4.90. The summed E-state index contributed by atoms with van der Waals surface area (Å²) in [6.07, 6.45) is 6.26. The van der Waals surface area contributed by atoms with Crippen LogP contribution in [0.2, 0.25) is 0 Å². The minimum Gasteiger partial charge on any atom is -0.312 e. The van der Waals surface area contributed by atoms with Crippen LogP contribution in [0, 0.1) is 11.8 Å². The average Bonchev–Trinajstić information content (AvgIpc) is 3.43. The smallest absolute Gasteiger partial charge is 0.231 e. The summed E-state index contributed by atoms with van der Waals surface area (Å²) in [6, 6.07) is 6.26. The van der Waals surface area contributed by atoms with Crippen molar-refractivity contribution in [3.05, 3.63) is 29.1 Å². The standard InChI is InChI=1S/C23H29N3O2S/c1-15(2)21(27)26-12-6-9-18-13-17(10-11-20(18)26)19-14-29-23(24-19)25(3)22(28)16-7-4-5-8-16/h10-11,13-16H,4-9,12H2,1-3H3. The predicted molar refractivity (Wildman–Crippen MR) is 118 cm³/mol. The van der Waals surface area contributed by atoms with Crippen molar-refractivity contribution in [2.45, 2.75) is 52.4 Å². The van der Waals surface area contributed by atoms with Gasteiger partial charge in [0.05, 0.1) is 5.69 Å². The van der Waals surface area contributed by atoms with Gasteiger partial charge in [-0.2, -0.15) is 0 Å². The van der Waals surface area contributed by atoms with Gasteiger partial charge in [-0.3, -0.25) is 14.5 Å². The summed E-state index contributed by atoms with van der Waals surface area (Å²) in [6.45, 7) is 4.69. The zero-order valence-electron chi connectivity index (χ0n) is 17.5. The third kappa shape index (κ3) is 3.95. The van der Waals surface area contributed by atoms with Gasteiger partial charge in [-0.05, 0) is 43.4 Å². The largest absolute Gasteiger partial charge is 0.312 e. The summed E-state index contributed by atoms with van der Waals surface area (Å²) in [4.78, 5) is 33.6. The molecule has 0 spiro atoms. The first-order chi connectivity index (χ1) is 14.0. The summed E-state index contributed by atoms with van der Waals surface area (Å²) in [5.41, 5.74) is 4.17. The quantitative estimate of drug-likeness (QED) is 0.719. The molecule has 0 saturated heterocycles. The molecule has 1 aliphatic heterocycles. The number of carbonyl (C=O) groups is 2. The van der Waals surface area contributed by atoms with Crippen molar-refractivity contribution in [3.63, 3.8) is 0 Å². The van der Waals surface area contributed by atoms with Crippen LogP contribution in [0.25, 0.3) is 11.3 Å². The molecule has 0 radical (unpaired) electrons. The number of aromatic nitrogens is 1. The molecule has 1 aromatic heterocycles. The number of hydrogen-bond acceptors (Lipinski definition) is 4. The first kappa shape index (κ1) is 20.1. The second-order valence-electron chi connectivity index (χ2n) is 8.49. The third-order valence-electron chi connectivity index (χ3n) is 6.07. The molecule has 1 fully saturated rings. The SMILES string of the molecule is CC(C)C(=O)N1CCCc2cc(-c3csc(N(C)C(=O)C4CCCC4)n3)ccc21. The van der Waals surface area contributed by atoms with Gasteiger partial charge in [0.15, 0.2) is 5.13 Å². The fourth-order valence-corrected chi connectivity index (χ4v) is 5.19. The zero-order chi connectivity index (χ0) is 20.5. The molecule has 2 aromatic rings. The summed E-state index contributed by atoms with van der Waals surface area (Å²) >= 11 is 1.52. The van der Waals surface area contributed by atoms with E-state index >= 15 is 0 Å². The Kier molecular flexibility index (Phi) is 5.72. The molecule has 0 bridgehead atoms. The first-order valence-electron chi connectivity index (χ1n) is 10.6. The van der Waals surface area contributed by atoms with Gasteiger partial charge in [0, 0.05) is 42.1 Å². The van der Waals surface area contributed by atoms with Crippen molar-refractivity contribution in [2.24, 2.45) is 11.8 Å². The van der Waals surface area contributed by atoms with Crippen molar-refractivity contribution in [2.75, 3.05) is 23.4 Å². The summed E-state index contributed by atoms with van der Waals surface area (Å²) < 4.78 is 0. The Morgan fingerprint density at radius 1 is 1.21 bits per heavy atom. The van der Waals surface area contributed by atoms with Crippen LogP contribution < -0.4 is 9.80 Å². The van der Waals surface area contributed by atoms with Crippen molar-refractivity contribution in [1.29, 1.82) is 0 Å². The van der Waals surface area contributed by atoms with Crippen LogP contribution in [-0.2, 0) is 16.0 Å². The van der Waals surface area contributed by atoms with E-state index in [1.54, 1.807) is 4.90 Å². The Hall–Kier alpha value is -2.21. The number of benzene rings is 1. The van der Waals surface area contributed by atoms with Gasteiger partial charge in [0.2, 0.25) is 11.8 Å². The molecule has 154 valence electrons. The van der Waals surface area contributed by atoms with Gasteiger partial charge in [-0.25, -0.2) is 4.98 Å². The highest BCUT2D eigenvalue weighted by atomic mass is 32.1. The fraction of sp³-hybridized carbons (Fsp3) is 0.522. The average molecular weight is 412 g/mol. The second kappa shape index (κ2) is 8.27. The number of carbonyl (C=O) groups excluding carboxylic acids is 2. The van der Waals surface area contributed by atoms with Crippen molar-refractivity contribution >= 4 is 34.0 Å². The normalized spacial score (nSPS) is 16.9. The molecule has 1 aliphatic carbocycles. The Balaban J connectivity index is 1.55. The monoisotopic (exact) mass is 411 g/mol. The van der Waals surface area contributed by atoms with E-state index < -0.39 is 0 Å². The third-order valence-corrected chi connectivity index (χ3v) is 6.98. The lowest BCUT2D eigenvalue weighted by molar-refractivity contribution is -0.122. The molecule has 2 aliphatic rings. The molecule has 4 rings (SSSR count). The maximum absolute atomic E-state index is 12.7. The lowest BCUT2D eigenvalue weighted by Crippen LogP contribution is -2.38. The summed E-state index contributed by atoms with van der Waals surface area (Å²) in [7, 11) is 1.84. The minimum atomic E-state index is -0.00494. The van der Waals surface area contributed by atoms with E-state index in [4.69, 9.17) is 4.98 Å². The number of amides is 2. The Morgan fingerprint density at radius 2 is 1.97 bits per heavy atom. The fourth-order valence-electron chi connectivity index (χ4n) is 4.39. The maximum atomic E-state index is 12.7. The van der Waals surface area contributed by atoms with E-state index in [0.717, 1.165) is 67.1 Å². The van der Waals surface area contributed by atoms with Crippen LogP contribution in [0.5, 0.6) is 0 Å². The number of aryl methyl sites for hydroxylation is 1. The highest BCUT2D eigenvalue weighted by Gasteiger charge is 2.28. The van der Waals surface area contributed by atoms with Crippen LogP contribution in [-0.4, -0.2) is 30.4 Å². The van der Waals surface area contributed by atoms with Crippen LogP contribution >= 0.6 is 11.3 Å². The molecule has 2 amide bonds. The van der Waals surface area contributed by atoms with Crippen LogP contribution in [0.1, 0.15) is 51.5 Å². The first-order valence-corrected chi connectivity index (χ1v) is 11.5. The summed E-state index contributed by atoms with van der Waals surface area (Å²) in [5.74, 6) is 0.522. The van der Waals surface area contributed by atoms with E-state index in [0.29, 0.717) is 0 Å². The molecule has 5 nitrogen and oxygen atoms in total. The minimum absolute atomic E-state index is 0.00494. The van der Waals surface area contributed by atoms with Crippen molar-refractivity contribution in [1.82, 2.24) is 4.98 Å². The molecular formula is C23H29N3O2S. The molecule has 2 heterocycles. The van der Waals surface area contributed by atoms with Crippen molar-refractivity contribution in [3.8, 4) is 11.3 Å². The zero-order valence-corrected chi connectivity index (χ0v) is 18.3. The highest BCUT2D eigenvalue weighted by molar-refractivity contribution is 7.14. The molecule has 0 N–H and O–H groups in total. The van der Waals surface area contributed by atoms with Gasteiger partial charge >= 0.3 is 0 Å². The number of anilines is 2. The Morgan fingerprint density at radius 3 is 2.69 bits per heavy atom. The number of thiazole rings is 1. The van der Waals surface area contributed by atoms with Crippen LogP contribution in [0.15, 0.2) is 23.6 Å². The van der Waals surface area contributed by atoms with E-state index in [-0.39, 0.29) is 23.7 Å². The van der Waals surface area contributed by atoms with E-state index in [1.807, 2.05) is 37.2 Å². The van der Waals surface area contributed by atoms with Crippen LogP contribution in [0.4, 0.5) is 10.8 Å². The number of hydrogen-bond donors (Lipinski definition) is 0. The topological polar surface area (TPSA) is 53.5 Å². The molecule has 29 heavy (non-hydrogen) atoms. The molecule has 6 heteroatoms. The van der Waals surface area contributed by atoms with E-state index in [2.05, 4.69) is 12.1 Å². The number of rotatable bonds is 4. The van der Waals surface area contributed by atoms with E-state index in [1.165, 1.54) is 16.9 Å². The van der Waals surface area contributed by atoms with Crippen LogP contribution in [0.3, 0.4) is 0 Å². The van der Waals surface area contributed by atoms with E-state index in [9.17, 15) is 9.59 Å². The second-order valence-corrected chi connectivity index (χ2v) is 9.32. The van der Waals surface area contributed by atoms with Crippen molar-refractivity contribution < 1.29 is 9.59 Å². The highest BCUT2D eigenvalue weighted by Crippen LogP contribution is 2.35. The van der Waals surface area contributed by atoms with Gasteiger partial charge in [-0.1, -0.05) is 32.8 Å². The molecule has 1 aromatic carbocycles. The lowest BCUT2D eigenvalue weighted by Gasteiger charge is -2.31. The number of fused-ring (bicyclic) bond motifs is 1. The van der Waals surface area contributed by atoms with Gasteiger partial charge < -0.3 is 4.90 Å². The maximum Gasteiger partial charge on any atom is 0.231 e. The molecular weight excluding hydrogens is 382 g/mol. The Labute approximate surface area is 176 Å². The molecule has 0 unspecified atom stereocenters. The number of nitrogens with zero attached hydrogens (tertiary/aromatic N) is 3. The molecule has 0 atom stereocenters. The van der Waals surface area contributed by atoms with Gasteiger partial charge in [-0.15, -0.1) is 11.3 Å². The molecule has 1 saturated carbocycles. The van der Waals surface area contributed by atoms with Gasteiger partial charge in [0.25, 0.3) is 0 Å². The van der Waals surface area contributed by atoms with Gasteiger partial charge in [0.1, 0.15) is 0 Å². The summed E-state index contributed by atoms with van der Waals surface area (Å²) in [5, 5.41) is 2.78. The lowest BCUT2D eigenvalue weighted by atomic mass is 9.97.